The molecule has 6 nitrogen and oxygen atoms in total. The predicted molar refractivity (Wildman–Crippen MR) is 56.2 cm³/mol. The van der Waals surface area contributed by atoms with Crippen molar-refractivity contribution in [3.8, 4) is 5.88 Å². The molecule has 0 saturated heterocycles. The number of carbonyl (C=O) groups is 2. The number of aliphatic carboxylic acids is 1. The quantitative estimate of drug-likeness (QED) is 0.731. The summed E-state index contributed by atoms with van der Waals surface area (Å²) in [6, 6.07) is 3.22. The Balaban J connectivity index is 2.73. The van der Waals surface area contributed by atoms with Gasteiger partial charge in [0, 0.05) is 18.3 Å². The third kappa shape index (κ3) is 3.41. The van der Waals surface area contributed by atoms with Gasteiger partial charge in [-0.25, -0.2) is 9.78 Å². The lowest BCUT2D eigenvalue weighted by atomic mass is 10.4. The van der Waals surface area contributed by atoms with Gasteiger partial charge in [0.15, 0.2) is 0 Å². The van der Waals surface area contributed by atoms with Gasteiger partial charge in [-0.1, -0.05) is 0 Å². The molecule has 0 unspecified atom stereocenters. The minimum atomic E-state index is -1.19. The van der Waals surface area contributed by atoms with E-state index in [1.165, 1.54) is 13.3 Å². The van der Waals surface area contributed by atoms with Crippen molar-refractivity contribution in [2.24, 2.45) is 0 Å². The van der Waals surface area contributed by atoms with Crippen molar-refractivity contribution in [3.63, 3.8) is 0 Å². The van der Waals surface area contributed by atoms with Gasteiger partial charge in [-0.15, -0.1) is 0 Å². The Hall–Kier alpha value is -2.37. The molecule has 16 heavy (non-hydrogen) atoms. The molecule has 0 aromatic carbocycles. The van der Waals surface area contributed by atoms with Gasteiger partial charge in [0.05, 0.1) is 7.11 Å². The minimum Gasteiger partial charge on any atom is -0.480 e. The molecule has 2 N–H and O–H groups in total. The third-order valence-corrected chi connectivity index (χ3v) is 1.60. The van der Waals surface area contributed by atoms with Gasteiger partial charge in [-0.2, -0.15) is 0 Å². The number of amides is 1. The number of ether oxygens (including phenoxy) is 1. The summed E-state index contributed by atoms with van der Waals surface area (Å²) in [7, 11) is 1.42. The van der Waals surface area contributed by atoms with Gasteiger partial charge in [-0.05, 0) is 12.1 Å². The molecule has 0 aliphatic carbocycles. The standard InChI is InChI=1S/C10H10N2O4/c1-16-10-7(3-2-6-11-10)12-8(13)4-5-9(14)15/h2-6H,1H3,(H,12,13)(H,14,15)/b5-4+. The number of nitrogens with one attached hydrogen (secondary N) is 1. The van der Waals surface area contributed by atoms with Crippen LogP contribution in [0.2, 0.25) is 0 Å². The molecule has 0 radical (unpaired) electrons. The Morgan fingerprint density at radius 1 is 1.50 bits per heavy atom. The summed E-state index contributed by atoms with van der Waals surface area (Å²) in [5.74, 6) is -1.48. The van der Waals surface area contributed by atoms with Crippen LogP contribution in [-0.4, -0.2) is 29.1 Å². The first-order valence-corrected chi connectivity index (χ1v) is 4.34. The van der Waals surface area contributed by atoms with Crippen molar-refractivity contribution in [1.29, 1.82) is 0 Å². The number of methoxy groups -OCH3 is 1. The van der Waals surface area contributed by atoms with E-state index in [1.54, 1.807) is 12.1 Å². The van der Waals surface area contributed by atoms with Crippen molar-refractivity contribution in [3.05, 3.63) is 30.5 Å². The van der Waals surface area contributed by atoms with E-state index in [9.17, 15) is 9.59 Å². The molecule has 0 bridgehead atoms. The number of rotatable bonds is 4. The highest BCUT2D eigenvalue weighted by Gasteiger charge is 2.05. The van der Waals surface area contributed by atoms with Crippen molar-refractivity contribution in [2.75, 3.05) is 12.4 Å². The number of aromatic nitrogens is 1. The predicted octanol–water partition coefficient (Wildman–Crippen LogP) is 0.669. The molecule has 1 amide bonds. The molecule has 1 rings (SSSR count). The Morgan fingerprint density at radius 3 is 2.88 bits per heavy atom. The van der Waals surface area contributed by atoms with Gasteiger partial charge < -0.3 is 15.2 Å². The molecule has 1 aromatic heterocycles. The Morgan fingerprint density at radius 2 is 2.25 bits per heavy atom. The number of pyridine rings is 1. The van der Waals surface area contributed by atoms with Crippen LogP contribution >= 0.6 is 0 Å². The molecule has 1 aromatic rings. The fourth-order valence-electron chi connectivity index (χ4n) is 0.970. The zero-order chi connectivity index (χ0) is 12.0. The summed E-state index contributed by atoms with van der Waals surface area (Å²) in [6.45, 7) is 0. The van der Waals surface area contributed by atoms with Crippen molar-refractivity contribution >= 4 is 17.6 Å². The first-order chi connectivity index (χ1) is 7.63. The molecular weight excluding hydrogens is 212 g/mol. The molecule has 0 spiro atoms. The highest BCUT2D eigenvalue weighted by atomic mass is 16.5. The van der Waals surface area contributed by atoms with E-state index in [0.29, 0.717) is 5.69 Å². The van der Waals surface area contributed by atoms with E-state index in [1.807, 2.05) is 0 Å². The highest BCUT2D eigenvalue weighted by Crippen LogP contribution is 2.19. The molecule has 0 aliphatic heterocycles. The molecule has 0 aliphatic rings. The van der Waals surface area contributed by atoms with Gasteiger partial charge in [0.2, 0.25) is 11.8 Å². The maximum atomic E-state index is 11.2. The maximum absolute atomic E-state index is 11.2. The van der Waals surface area contributed by atoms with Gasteiger partial charge in [-0.3, -0.25) is 4.79 Å². The molecule has 0 atom stereocenters. The van der Waals surface area contributed by atoms with Crippen LogP contribution in [0, 0.1) is 0 Å². The fraction of sp³-hybridized carbons (Fsp3) is 0.100. The molecular formula is C10H10N2O4. The Kier molecular flexibility index (Phi) is 4.02. The van der Waals surface area contributed by atoms with E-state index in [-0.39, 0.29) is 5.88 Å². The van der Waals surface area contributed by atoms with Gasteiger partial charge in [0.25, 0.3) is 0 Å². The van der Waals surface area contributed by atoms with Crippen LogP contribution in [0.4, 0.5) is 5.69 Å². The number of hydrogen-bond donors (Lipinski definition) is 2. The van der Waals surface area contributed by atoms with Crippen LogP contribution in [0.1, 0.15) is 0 Å². The monoisotopic (exact) mass is 222 g/mol. The van der Waals surface area contributed by atoms with Crippen molar-refractivity contribution < 1.29 is 19.4 Å². The molecule has 0 fully saturated rings. The smallest absolute Gasteiger partial charge is 0.328 e. The first kappa shape index (κ1) is 11.7. The SMILES string of the molecule is COc1ncccc1NC(=O)/C=C/C(=O)O. The van der Waals surface area contributed by atoms with E-state index in [2.05, 4.69) is 10.3 Å². The van der Waals surface area contributed by atoms with Gasteiger partial charge in [0.1, 0.15) is 5.69 Å². The number of anilines is 1. The number of carboxylic acid groups (broad SMARTS) is 1. The van der Waals surface area contributed by atoms with E-state index in [4.69, 9.17) is 9.84 Å². The molecule has 6 heteroatoms. The second-order valence-corrected chi connectivity index (χ2v) is 2.72. The maximum Gasteiger partial charge on any atom is 0.328 e. The second kappa shape index (κ2) is 5.50. The van der Waals surface area contributed by atoms with Crippen LogP contribution < -0.4 is 10.1 Å². The first-order valence-electron chi connectivity index (χ1n) is 4.34. The lowest BCUT2D eigenvalue weighted by Crippen LogP contribution is -2.10. The lowest BCUT2D eigenvalue weighted by Gasteiger charge is -2.06. The molecule has 0 saturated carbocycles. The summed E-state index contributed by atoms with van der Waals surface area (Å²) < 4.78 is 4.91. The van der Waals surface area contributed by atoms with Crippen LogP contribution in [0.5, 0.6) is 5.88 Å². The van der Waals surface area contributed by atoms with E-state index < -0.39 is 11.9 Å². The number of nitrogens with zero attached hydrogens (tertiary/aromatic N) is 1. The largest absolute Gasteiger partial charge is 0.480 e. The summed E-state index contributed by atoms with van der Waals surface area (Å²) >= 11 is 0. The van der Waals surface area contributed by atoms with Crippen LogP contribution in [0.25, 0.3) is 0 Å². The summed E-state index contributed by atoms with van der Waals surface area (Å²) in [5.41, 5.74) is 0.380. The number of carbonyl (C=O) groups excluding carboxylic acids is 1. The highest BCUT2D eigenvalue weighted by molar-refractivity contribution is 6.02. The number of carboxylic acids is 1. The summed E-state index contributed by atoms with van der Waals surface area (Å²) in [6.07, 6.45) is 3.18. The fourth-order valence-corrected chi connectivity index (χ4v) is 0.970. The van der Waals surface area contributed by atoms with E-state index >= 15 is 0 Å². The minimum absolute atomic E-state index is 0.263. The summed E-state index contributed by atoms with van der Waals surface area (Å²) in [4.78, 5) is 25.3. The van der Waals surface area contributed by atoms with Crippen LogP contribution in [0.3, 0.4) is 0 Å². The average Bonchev–Trinajstić information content (AvgIpc) is 2.27. The molecule has 1 heterocycles. The van der Waals surface area contributed by atoms with Crippen molar-refractivity contribution in [2.45, 2.75) is 0 Å². The Bertz CT molecular complexity index is 429. The zero-order valence-corrected chi connectivity index (χ0v) is 8.51. The average molecular weight is 222 g/mol. The van der Waals surface area contributed by atoms with Crippen molar-refractivity contribution in [1.82, 2.24) is 4.98 Å². The zero-order valence-electron chi connectivity index (χ0n) is 8.51. The lowest BCUT2D eigenvalue weighted by molar-refractivity contribution is -0.131. The van der Waals surface area contributed by atoms with Crippen LogP contribution in [0.15, 0.2) is 30.5 Å². The third-order valence-electron chi connectivity index (χ3n) is 1.60. The van der Waals surface area contributed by atoms with Crippen LogP contribution in [-0.2, 0) is 9.59 Å². The van der Waals surface area contributed by atoms with E-state index in [0.717, 1.165) is 12.2 Å². The normalized spacial score (nSPS) is 10.1. The topological polar surface area (TPSA) is 88.5 Å². The summed E-state index contributed by atoms with van der Waals surface area (Å²) in [5, 5.41) is 10.8. The number of hydrogen-bond acceptors (Lipinski definition) is 4. The second-order valence-electron chi connectivity index (χ2n) is 2.72. The van der Waals surface area contributed by atoms with Gasteiger partial charge >= 0.3 is 5.97 Å². The Labute approximate surface area is 91.6 Å². The molecule has 84 valence electrons.